The molecule has 1 aromatic carbocycles. The van der Waals surface area contributed by atoms with Crippen molar-refractivity contribution in [2.75, 3.05) is 11.9 Å². The van der Waals surface area contributed by atoms with Crippen LogP contribution in [0.4, 0.5) is 5.69 Å². The van der Waals surface area contributed by atoms with Crippen molar-refractivity contribution in [2.24, 2.45) is 11.3 Å². The van der Waals surface area contributed by atoms with Crippen molar-refractivity contribution < 1.29 is 4.74 Å². The fourth-order valence-corrected chi connectivity index (χ4v) is 4.05. The van der Waals surface area contributed by atoms with Gasteiger partial charge in [-0.15, -0.1) is 0 Å². The first-order valence-corrected chi connectivity index (χ1v) is 7.79. The van der Waals surface area contributed by atoms with Crippen molar-refractivity contribution >= 4 is 5.69 Å². The smallest absolute Gasteiger partial charge is 0.0694 e. The number of fused-ring (bicyclic) bond motifs is 1. The topological polar surface area (TPSA) is 21.3 Å². The summed E-state index contributed by atoms with van der Waals surface area (Å²) in [5.41, 5.74) is 3.09. The maximum absolute atomic E-state index is 5.89. The molecule has 3 unspecified atom stereocenters. The summed E-state index contributed by atoms with van der Waals surface area (Å²) in [4.78, 5) is 0. The fourth-order valence-electron chi connectivity index (χ4n) is 4.05. The molecular formula is C18H27NO. The van der Waals surface area contributed by atoms with Gasteiger partial charge in [-0.1, -0.05) is 52.8 Å². The molecular weight excluding hydrogens is 246 g/mol. The van der Waals surface area contributed by atoms with Crippen LogP contribution in [0.2, 0.25) is 0 Å². The van der Waals surface area contributed by atoms with Crippen LogP contribution in [0.3, 0.4) is 0 Å². The van der Waals surface area contributed by atoms with Crippen LogP contribution < -0.4 is 5.32 Å². The Balaban J connectivity index is 1.86. The largest absolute Gasteiger partial charge is 0.381 e. The lowest BCUT2D eigenvalue weighted by Crippen LogP contribution is -2.63. The van der Waals surface area contributed by atoms with E-state index in [1.807, 2.05) is 0 Å². The second kappa shape index (κ2) is 4.49. The normalized spacial score (nSPS) is 31.6. The van der Waals surface area contributed by atoms with Crippen molar-refractivity contribution in [3.05, 3.63) is 29.8 Å². The summed E-state index contributed by atoms with van der Waals surface area (Å²) in [6.45, 7) is 12.4. The second-order valence-electron chi connectivity index (χ2n) is 7.98. The number of hydrogen-bond donors (Lipinski definition) is 1. The molecule has 20 heavy (non-hydrogen) atoms. The predicted octanol–water partition coefficient (Wildman–Crippen LogP) is 4.21. The molecule has 1 N–H and O–H groups in total. The zero-order chi connectivity index (χ0) is 14.5. The highest BCUT2D eigenvalue weighted by Gasteiger charge is 2.59. The zero-order valence-corrected chi connectivity index (χ0v) is 13.4. The van der Waals surface area contributed by atoms with E-state index in [1.54, 1.807) is 0 Å². The molecule has 2 fully saturated rings. The van der Waals surface area contributed by atoms with Gasteiger partial charge in [0.05, 0.1) is 6.10 Å². The Hall–Kier alpha value is -1.02. The summed E-state index contributed by atoms with van der Waals surface area (Å²) in [5.74, 6) is 0.679. The molecule has 3 rings (SSSR count). The minimum atomic E-state index is 0.170. The van der Waals surface area contributed by atoms with Crippen LogP contribution >= 0.6 is 0 Å². The van der Waals surface area contributed by atoms with E-state index in [0.717, 1.165) is 6.61 Å². The summed E-state index contributed by atoms with van der Waals surface area (Å²) >= 11 is 0. The highest BCUT2D eigenvalue weighted by molar-refractivity contribution is 5.55. The Labute approximate surface area is 122 Å². The van der Waals surface area contributed by atoms with Crippen molar-refractivity contribution in [3.8, 4) is 0 Å². The molecule has 1 aliphatic heterocycles. The summed E-state index contributed by atoms with van der Waals surface area (Å²) in [6.07, 6.45) is 1.64. The SMILES string of the molecule is CC(C)(C)c1ccccc1NC1C2CCOC2C1(C)C. The second-order valence-corrected chi connectivity index (χ2v) is 7.98. The van der Waals surface area contributed by atoms with Crippen LogP contribution in [0.25, 0.3) is 0 Å². The number of ether oxygens (including phenoxy) is 1. The number of hydrogen-bond acceptors (Lipinski definition) is 2. The van der Waals surface area contributed by atoms with Crippen LogP contribution in [0.1, 0.15) is 46.6 Å². The molecule has 0 bridgehead atoms. The Morgan fingerprint density at radius 1 is 1.20 bits per heavy atom. The lowest BCUT2D eigenvalue weighted by Gasteiger charge is -2.55. The van der Waals surface area contributed by atoms with Gasteiger partial charge in [-0.3, -0.25) is 0 Å². The van der Waals surface area contributed by atoms with Gasteiger partial charge < -0.3 is 10.1 Å². The molecule has 0 spiro atoms. The molecule has 1 aromatic rings. The van der Waals surface area contributed by atoms with Gasteiger partial charge in [-0.2, -0.15) is 0 Å². The Kier molecular flexibility index (Phi) is 3.13. The summed E-state index contributed by atoms with van der Waals surface area (Å²) < 4.78 is 5.89. The molecule has 1 saturated carbocycles. The number of rotatable bonds is 2. The molecule has 2 nitrogen and oxygen atoms in total. The third kappa shape index (κ3) is 2.05. The molecule has 0 radical (unpaired) electrons. The van der Waals surface area contributed by atoms with Crippen molar-refractivity contribution in [2.45, 2.75) is 58.6 Å². The van der Waals surface area contributed by atoms with E-state index in [2.05, 4.69) is 64.2 Å². The first-order chi connectivity index (χ1) is 9.32. The summed E-state index contributed by atoms with van der Waals surface area (Å²) in [5, 5.41) is 3.84. The van der Waals surface area contributed by atoms with E-state index in [-0.39, 0.29) is 10.8 Å². The van der Waals surface area contributed by atoms with E-state index in [1.165, 1.54) is 17.7 Å². The number of benzene rings is 1. The standard InChI is InChI=1S/C18H27NO/c1-17(2,3)13-8-6-7-9-14(13)19-15-12-10-11-20-16(12)18(15,4)5/h6-9,12,15-16,19H,10-11H2,1-5H3. The van der Waals surface area contributed by atoms with Crippen LogP contribution in [-0.4, -0.2) is 18.8 Å². The van der Waals surface area contributed by atoms with Gasteiger partial charge in [0.15, 0.2) is 0 Å². The van der Waals surface area contributed by atoms with Crippen molar-refractivity contribution in [1.29, 1.82) is 0 Å². The monoisotopic (exact) mass is 273 g/mol. The van der Waals surface area contributed by atoms with Gasteiger partial charge in [0, 0.05) is 29.7 Å². The molecule has 3 atom stereocenters. The first-order valence-electron chi connectivity index (χ1n) is 7.79. The predicted molar refractivity (Wildman–Crippen MR) is 84.2 cm³/mol. The minimum absolute atomic E-state index is 0.170. The Bertz CT molecular complexity index is 500. The maximum Gasteiger partial charge on any atom is 0.0694 e. The molecule has 1 saturated heterocycles. The zero-order valence-electron chi connectivity index (χ0n) is 13.4. The van der Waals surface area contributed by atoms with E-state index >= 15 is 0 Å². The Morgan fingerprint density at radius 2 is 1.90 bits per heavy atom. The van der Waals surface area contributed by atoms with Gasteiger partial charge in [0.1, 0.15) is 0 Å². The highest BCUT2D eigenvalue weighted by atomic mass is 16.5. The molecule has 2 aliphatic rings. The maximum atomic E-state index is 5.89. The fraction of sp³-hybridized carbons (Fsp3) is 0.667. The third-order valence-electron chi connectivity index (χ3n) is 5.15. The first kappa shape index (κ1) is 13.9. The van der Waals surface area contributed by atoms with Crippen LogP contribution in [-0.2, 0) is 10.2 Å². The summed E-state index contributed by atoms with van der Waals surface area (Å²) in [6, 6.07) is 9.26. The lowest BCUT2D eigenvalue weighted by molar-refractivity contribution is -0.0923. The average molecular weight is 273 g/mol. The number of anilines is 1. The number of para-hydroxylation sites is 1. The number of nitrogens with one attached hydrogen (secondary N) is 1. The molecule has 1 heterocycles. The van der Waals surface area contributed by atoms with Gasteiger partial charge in [-0.25, -0.2) is 0 Å². The Morgan fingerprint density at radius 3 is 2.60 bits per heavy atom. The van der Waals surface area contributed by atoms with Gasteiger partial charge >= 0.3 is 0 Å². The van der Waals surface area contributed by atoms with E-state index in [4.69, 9.17) is 4.74 Å². The van der Waals surface area contributed by atoms with Crippen LogP contribution in [0.5, 0.6) is 0 Å². The van der Waals surface area contributed by atoms with E-state index in [9.17, 15) is 0 Å². The van der Waals surface area contributed by atoms with E-state index in [0.29, 0.717) is 18.1 Å². The van der Waals surface area contributed by atoms with Gasteiger partial charge in [0.25, 0.3) is 0 Å². The highest BCUT2D eigenvalue weighted by Crippen LogP contribution is 2.53. The van der Waals surface area contributed by atoms with Crippen LogP contribution in [0.15, 0.2) is 24.3 Å². The molecule has 110 valence electrons. The van der Waals surface area contributed by atoms with Crippen molar-refractivity contribution in [3.63, 3.8) is 0 Å². The molecule has 0 aromatic heterocycles. The molecule has 0 amide bonds. The molecule has 2 heteroatoms. The quantitative estimate of drug-likeness (QED) is 0.871. The van der Waals surface area contributed by atoms with Gasteiger partial charge in [-0.05, 0) is 23.5 Å². The van der Waals surface area contributed by atoms with Gasteiger partial charge in [0.2, 0.25) is 0 Å². The minimum Gasteiger partial charge on any atom is -0.381 e. The summed E-state index contributed by atoms with van der Waals surface area (Å²) in [7, 11) is 0. The molecule has 1 aliphatic carbocycles. The average Bonchev–Trinajstić information content (AvgIpc) is 2.82. The van der Waals surface area contributed by atoms with E-state index < -0.39 is 0 Å². The van der Waals surface area contributed by atoms with Crippen molar-refractivity contribution in [1.82, 2.24) is 0 Å². The third-order valence-corrected chi connectivity index (χ3v) is 5.15. The van der Waals surface area contributed by atoms with Crippen LogP contribution in [0, 0.1) is 11.3 Å². The lowest BCUT2D eigenvalue weighted by atomic mass is 9.57.